The summed E-state index contributed by atoms with van der Waals surface area (Å²) in [7, 11) is 0. The molecule has 1 N–H and O–H groups in total. The Kier molecular flexibility index (Phi) is 3.78. The van der Waals surface area contributed by atoms with E-state index < -0.39 is 0 Å². The SMILES string of the molecule is O=c1[nH]c(/C(Cl)=C/c2ccccc2)nc2ccc(Cl)cc12. The Morgan fingerprint density at radius 3 is 2.67 bits per heavy atom. The highest BCUT2D eigenvalue weighted by Gasteiger charge is 2.07. The summed E-state index contributed by atoms with van der Waals surface area (Å²) in [5.41, 5.74) is 1.22. The average Bonchev–Trinajstić information content (AvgIpc) is 2.49. The van der Waals surface area contributed by atoms with Crippen molar-refractivity contribution in [3.8, 4) is 0 Å². The van der Waals surface area contributed by atoms with Gasteiger partial charge in [-0.2, -0.15) is 0 Å². The minimum atomic E-state index is -0.267. The van der Waals surface area contributed by atoms with Crippen LogP contribution in [0.1, 0.15) is 11.4 Å². The summed E-state index contributed by atoms with van der Waals surface area (Å²) in [6, 6.07) is 14.6. The molecule has 3 nitrogen and oxygen atoms in total. The van der Waals surface area contributed by atoms with E-state index >= 15 is 0 Å². The number of nitrogens with one attached hydrogen (secondary N) is 1. The summed E-state index contributed by atoms with van der Waals surface area (Å²) in [5, 5.41) is 1.30. The molecule has 0 aliphatic heterocycles. The van der Waals surface area contributed by atoms with Crippen LogP contribution in [-0.4, -0.2) is 9.97 Å². The van der Waals surface area contributed by atoms with Crippen molar-refractivity contribution in [1.82, 2.24) is 9.97 Å². The Balaban J connectivity index is 2.11. The van der Waals surface area contributed by atoms with Gasteiger partial charge in [-0.15, -0.1) is 0 Å². The lowest BCUT2D eigenvalue weighted by atomic mass is 10.2. The fourth-order valence-electron chi connectivity index (χ4n) is 1.99. The van der Waals surface area contributed by atoms with Crippen LogP contribution in [0.15, 0.2) is 53.3 Å². The van der Waals surface area contributed by atoms with Crippen LogP contribution >= 0.6 is 23.2 Å². The molecule has 104 valence electrons. The number of hydrogen-bond donors (Lipinski definition) is 1. The predicted molar refractivity (Wildman–Crippen MR) is 87.5 cm³/mol. The highest BCUT2D eigenvalue weighted by atomic mass is 35.5. The van der Waals surface area contributed by atoms with Gasteiger partial charge in [0.05, 0.1) is 15.9 Å². The fourth-order valence-corrected chi connectivity index (χ4v) is 2.38. The first-order chi connectivity index (χ1) is 10.1. The summed E-state index contributed by atoms with van der Waals surface area (Å²) >= 11 is 12.1. The molecule has 0 radical (unpaired) electrons. The molecule has 0 bridgehead atoms. The minimum Gasteiger partial charge on any atom is -0.305 e. The van der Waals surface area contributed by atoms with E-state index in [4.69, 9.17) is 23.2 Å². The van der Waals surface area contributed by atoms with Crippen molar-refractivity contribution in [3.63, 3.8) is 0 Å². The third-order valence-corrected chi connectivity index (χ3v) is 3.51. The Morgan fingerprint density at radius 1 is 1.14 bits per heavy atom. The predicted octanol–water partition coefficient (Wildman–Crippen LogP) is 4.31. The molecule has 0 spiro atoms. The Bertz CT molecular complexity index is 886. The summed E-state index contributed by atoms with van der Waals surface area (Å²) in [4.78, 5) is 19.1. The highest BCUT2D eigenvalue weighted by Crippen LogP contribution is 2.21. The fraction of sp³-hybridized carbons (Fsp3) is 0. The molecule has 0 amide bonds. The van der Waals surface area contributed by atoms with Crippen LogP contribution < -0.4 is 5.56 Å². The zero-order valence-electron chi connectivity index (χ0n) is 10.8. The van der Waals surface area contributed by atoms with Gasteiger partial charge in [-0.3, -0.25) is 4.79 Å². The van der Waals surface area contributed by atoms with E-state index in [0.717, 1.165) is 5.56 Å². The first kappa shape index (κ1) is 13.9. The normalized spacial score (nSPS) is 11.8. The number of aromatic nitrogens is 2. The van der Waals surface area contributed by atoms with Crippen molar-refractivity contribution in [3.05, 3.63) is 75.3 Å². The van der Waals surface area contributed by atoms with Gasteiger partial charge in [0, 0.05) is 5.02 Å². The van der Waals surface area contributed by atoms with Crippen LogP contribution in [0.5, 0.6) is 0 Å². The van der Waals surface area contributed by atoms with Gasteiger partial charge in [0.15, 0.2) is 5.82 Å². The monoisotopic (exact) mass is 316 g/mol. The summed E-state index contributed by atoms with van der Waals surface area (Å²) < 4.78 is 0. The quantitative estimate of drug-likeness (QED) is 0.765. The van der Waals surface area contributed by atoms with Crippen molar-refractivity contribution in [2.75, 3.05) is 0 Å². The molecule has 3 aromatic rings. The summed E-state index contributed by atoms with van der Waals surface area (Å²) in [5.74, 6) is 0.334. The molecule has 0 atom stereocenters. The lowest BCUT2D eigenvalue weighted by Gasteiger charge is -2.02. The molecule has 2 aromatic carbocycles. The van der Waals surface area contributed by atoms with Crippen molar-refractivity contribution >= 4 is 45.2 Å². The molecule has 1 aromatic heterocycles. The minimum absolute atomic E-state index is 0.267. The highest BCUT2D eigenvalue weighted by molar-refractivity contribution is 6.50. The van der Waals surface area contributed by atoms with E-state index in [1.165, 1.54) is 0 Å². The number of aromatic amines is 1. The van der Waals surface area contributed by atoms with Gasteiger partial charge in [0.2, 0.25) is 0 Å². The number of hydrogen-bond acceptors (Lipinski definition) is 2. The first-order valence-corrected chi connectivity index (χ1v) is 7.01. The van der Waals surface area contributed by atoms with E-state index in [-0.39, 0.29) is 5.56 Å². The number of nitrogens with zero attached hydrogens (tertiary/aromatic N) is 1. The molecular formula is C16H10Cl2N2O. The smallest absolute Gasteiger partial charge is 0.259 e. The molecule has 5 heteroatoms. The molecule has 3 rings (SSSR count). The first-order valence-electron chi connectivity index (χ1n) is 6.26. The molecule has 0 aliphatic rings. The summed E-state index contributed by atoms with van der Waals surface area (Å²) in [6.07, 6.45) is 1.75. The van der Waals surface area contributed by atoms with Crippen LogP contribution in [0.2, 0.25) is 5.02 Å². The van der Waals surface area contributed by atoms with Crippen molar-refractivity contribution in [1.29, 1.82) is 0 Å². The maximum atomic E-state index is 12.1. The van der Waals surface area contributed by atoms with E-state index in [0.29, 0.717) is 26.8 Å². The Hall–Kier alpha value is -2.10. The molecule has 21 heavy (non-hydrogen) atoms. The van der Waals surface area contributed by atoms with Crippen LogP contribution in [-0.2, 0) is 0 Å². The van der Waals surface area contributed by atoms with Gasteiger partial charge in [0.1, 0.15) is 0 Å². The van der Waals surface area contributed by atoms with Gasteiger partial charge in [-0.1, -0.05) is 53.5 Å². The van der Waals surface area contributed by atoms with Gasteiger partial charge in [-0.25, -0.2) is 4.98 Å². The van der Waals surface area contributed by atoms with Gasteiger partial charge in [0.25, 0.3) is 5.56 Å². The standard InChI is InChI=1S/C16H10Cl2N2O/c17-11-6-7-14-12(9-11)16(21)20-15(19-14)13(18)8-10-4-2-1-3-5-10/h1-9H,(H,19,20,21)/b13-8-. The molecule has 0 aliphatic carbocycles. The molecule has 0 fully saturated rings. The largest absolute Gasteiger partial charge is 0.305 e. The van der Waals surface area contributed by atoms with Crippen LogP contribution in [0, 0.1) is 0 Å². The number of rotatable bonds is 2. The van der Waals surface area contributed by atoms with Crippen LogP contribution in [0.25, 0.3) is 22.0 Å². The van der Waals surface area contributed by atoms with E-state index in [1.54, 1.807) is 24.3 Å². The van der Waals surface area contributed by atoms with E-state index in [9.17, 15) is 4.79 Å². The lowest BCUT2D eigenvalue weighted by molar-refractivity contribution is 1.14. The van der Waals surface area contributed by atoms with Crippen LogP contribution in [0.3, 0.4) is 0 Å². The maximum absolute atomic E-state index is 12.1. The second-order valence-electron chi connectivity index (χ2n) is 4.48. The molecule has 0 saturated heterocycles. The third kappa shape index (κ3) is 2.99. The van der Waals surface area contributed by atoms with E-state index in [1.807, 2.05) is 30.3 Å². The second kappa shape index (κ2) is 5.72. The zero-order chi connectivity index (χ0) is 14.8. The van der Waals surface area contributed by atoms with Gasteiger partial charge < -0.3 is 4.98 Å². The topological polar surface area (TPSA) is 45.8 Å². The van der Waals surface area contributed by atoms with Crippen LogP contribution in [0.4, 0.5) is 0 Å². The second-order valence-corrected chi connectivity index (χ2v) is 5.32. The average molecular weight is 317 g/mol. The molecule has 0 unspecified atom stereocenters. The third-order valence-electron chi connectivity index (χ3n) is 2.99. The molecule has 1 heterocycles. The number of H-pyrrole nitrogens is 1. The number of fused-ring (bicyclic) bond motifs is 1. The molecule has 0 saturated carbocycles. The lowest BCUT2D eigenvalue weighted by Crippen LogP contribution is -2.10. The van der Waals surface area contributed by atoms with Crippen molar-refractivity contribution in [2.45, 2.75) is 0 Å². The van der Waals surface area contributed by atoms with Crippen molar-refractivity contribution < 1.29 is 0 Å². The van der Waals surface area contributed by atoms with Gasteiger partial charge >= 0.3 is 0 Å². The van der Waals surface area contributed by atoms with Crippen molar-refractivity contribution in [2.24, 2.45) is 0 Å². The Labute approximate surface area is 130 Å². The van der Waals surface area contributed by atoms with Gasteiger partial charge in [-0.05, 0) is 29.8 Å². The molecular weight excluding hydrogens is 307 g/mol. The zero-order valence-corrected chi connectivity index (χ0v) is 12.3. The summed E-state index contributed by atoms with van der Waals surface area (Å²) in [6.45, 7) is 0. The maximum Gasteiger partial charge on any atom is 0.259 e. The number of benzene rings is 2. The van der Waals surface area contributed by atoms with E-state index in [2.05, 4.69) is 9.97 Å². The number of halogens is 2. The Morgan fingerprint density at radius 2 is 1.90 bits per heavy atom.